The van der Waals surface area contributed by atoms with E-state index in [9.17, 15) is 31.5 Å². The number of hydrogen-bond donors (Lipinski definition) is 0. The van der Waals surface area contributed by atoms with Crippen LogP contribution in [0, 0.1) is 18.6 Å². The van der Waals surface area contributed by atoms with Gasteiger partial charge in [-0.25, -0.2) is 18.6 Å². The molecule has 3 rings (SSSR count). The van der Waals surface area contributed by atoms with E-state index in [1.807, 2.05) is 0 Å². The van der Waals surface area contributed by atoms with Crippen LogP contribution in [-0.4, -0.2) is 23.3 Å². The maximum atomic E-state index is 13.6. The lowest BCUT2D eigenvalue weighted by Gasteiger charge is -2.06. The average Bonchev–Trinajstić information content (AvgIpc) is 3.09. The molecule has 0 bridgehead atoms. The van der Waals surface area contributed by atoms with Gasteiger partial charge in [-0.2, -0.15) is 13.2 Å². The van der Waals surface area contributed by atoms with E-state index in [1.165, 1.54) is 19.1 Å². The Hall–Kier alpha value is -3.14. The van der Waals surface area contributed by atoms with Crippen molar-refractivity contribution in [3.05, 3.63) is 75.8 Å². The number of ether oxygens (including phenoxy) is 1. The number of Topliss-reactive ketones (excluding diaryl/α,β-unsaturated/α-hetero) is 1. The summed E-state index contributed by atoms with van der Waals surface area (Å²) in [6.45, 7) is 0.681. The molecular weight excluding hydrogens is 429 g/mol. The van der Waals surface area contributed by atoms with Crippen LogP contribution < -0.4 is 0 Å². The summed E-state index contributed by atoms with van der Waals surface area (Å²) in [5.41, 5.74) is -0.742. The fourth-order valence-electron chi connectivity index (χ4n) is 2.50. The van der Waals surface area contributed by atoms with Gasteiger partial charge in [0.25, 0.3) is 0 Å². The molecule has 3 aromatic rings. The third-order valence-electron chi connectivity index (χ3n) is 4.00. The number of nitrogens with zero attached hydrogens (tertiary/aromatic N) is 1. The molecule has 0 amide bonds. The Morgan fingerprint density at radius 1 is 1.07 bits per heavy atom. The molecule has 1 aromatic heterocycles. The zero-order valence-electron chi connectivity index (χ0n) is 15.2. The number of rotatable bonds is 5. The first-order valence-electron chi connectivity index (χ1n) is 8.36. The van der Waals surface area contributed by atoms with E-state index in [1.54, 1.807) is 0 Å². The van der Waals surface area contributed by atoms with Crippen LogP contribution >= 0.6 is 11.3 Å². The minimum absolute atomic E-state index is 0.0393. The van der Waals surface area contributed by atoms with Gasteiger partial charge in [0.1, 0.15) is 21.5 Å². The van der Waals surface area contributed by atoms with Gasteiger partial charge in [0.05, 0.1) is 16.8 Å². The van der Waals surface area contributed by atoms with Crippen LogP contribution in [0.4, 0.5) is 22.0 Å². The molecule has 0 N–H and O–H groups in total. The molecule has 0 aliphatic rings. The number of hydrogen-bond acceptors (Lipinski definition) is 5. The summed E-state index contributed by atoms with van der Waals surface area (Å²) in [5, 5.41) is 0.288. The SMILES string of the molecule is Cc1nc(-c2ccc(C(F)(F)F)cc2)sc1C(=O)OCC(=O)c1cc(F)ccc1F. The van der Waals surface area contributed by atoms with Gasteiger partial charge >= 0.3 is 12.1 Å². The molecule has 0 unspecified atom stereocenters. The third-order valence-corrected chi connectivity index (χ3v) is 5.19. The normalized spacial score (nSPS) is 11.4. The predicted molar refractivity (Wildman–Crippen MR) is 98.3 cm³/mol. The summed E-state index contributed by atoms with van der Waals surface area (Å²) >= 11 is 0.875. The van der Waals surface area contributed by atoms with E-state index in [-0.39, 0.29) is 15.6 Å². The Balaban J connectivity index is 1.72. The van der Waals surface area contributed by atoms with Gasteiger partial charge in [-0.05, 0) is 37.3 Å². The Bertz CT molecular complexity index is 1110. The first-order chi connectivity index (χ1) is 14.1. The van der Waals surface area contributed by atoms with Gasteiger partial charge in [0.15, 0.2) is 6.61 Å². The number of alkyl halides is 3. The Kier molecular flexibility index (Phi) is 5.97. The summed E-state index contributed by atoms with van der Waals surface area (Å²) < 4.78 is 69.7. The Morgan fingerprint density at radius 3 is 2.37 bits per heavy atom. The second-order valence-corrected chi connectivity index (χ2v) is 7.13. The fourth-order valence-corrected chi connectivity index (χ4v) is 3.46. The molecule has 156 valence electrons. The van der Waals surface area contributed by atoms with Crippen molar-refractivity contribution in [3.63, 3.8) is 0 Å². The van der Waals surface area contributed by atoms with E-state index in [0.29, 0.717) is 11.6 Å². The van der Waals surface area contributed by atoms with Crippen LogP contribution in [-0.2, 0) is 10.9 Å². The lowest BCUT2D eigenvalue weighted by atomic mass is 10.1. The highest BCUT2D eigenvalue weighted by Crippen LogP contribution is 2.33. The summed E-state index contributed by atoms with van der Waals surface area (Å²) in [5.74, 6) is -3.60. The standard InChI is InChI=1S/C20H12F5NO3S/c1-10-17(19(28)29-9-16(27)14-8-13(21)6-7-15(14)22)30-18(26-10)11-2-4-12(5-3-11)20(23,24)25/h2-8H,9H2,1H3. The van der Waals surface area contributed by atoms with Gasteiger partial charge in [0, 0.05) is 5.56 Å². The monoisotopic (exact) mass is 441 g/mol. The molecule has 10 heteroatoms. The van der Waals surface area contributed by atoms with E-state index < -0.39 is 47.3 Å². The van der Waals surface area contributed by atoms with Crippen molar-refractivity contribution in [1.82, 2.24) is 4.98 Å². The maximum absolute atomic E-state index is 13.6. The van der Waals surface area contributed by atoms with Crippen LogP contribution in [0.1, 0.15) is 31.3 Å². The van der Waals surface area contributed by atoms with E-state index in [0.717, 1.165) is 35.6 Å². The third kappa shape index (κ3) is 4.70. The van der Waals surface area contributed by atoms with Crippen LogP contribution in [0.25, 0.3) is 10.6 Å². The Labute approximate surface area is 170 Å². The number of ketones is 1. The molecule has 0 fully saturated rings. The molecule has 0 saturated carbocycles. The number of benzene rings is 2. The summed E-state index contributed by atoms with van der Waals surface area (Å²) in [7, 11) is 0. The molecular formula is C20H12F5NO3S. The van der Waals surface area contributed by atoms with Crippen molar-refractivity contribution in [1.29, 1.82) is 0 Å². The molecule has 1 heterocycles. The highest BCUT2D eigenvalue weighted by atomic mass is 32.1. The number of aryl methyl sites for hydroxylation is 1. The zero-order chi connectivity index (χ0) is 22.1. The number of esters is 1. The van der Waals surface area contributed by atoms with E-state index in [4.69, 9.17) is 4.74 Å². The molecule has 0 atom stereocenters. The minimum Gasteiger partial charge on any atom is -0.453 e. The summed E-state index contributed by atoms with van der Waals surface area (Å²) in [6.07, 6.45) is -4.47. The molecule has 4 nitrogen and oxygen atoms in total. The van der Waals surface area contributed by atoms with Crippen LogP contribution in [0.2, 0.25) is 0 Å². The van der Waals surface area contributed by atoms with Crippen LogP contribution in [0.15, 0.2) is 42.5 Å². The largest absolute Gasteiger partial charge is 0.453 e. The highest BCUT2D eigenvalue weighted by molar-refractivity contribution is 7.17. The molecule has 0 aliphatic heterocycles. The van der Waals surface area contributed by atoms with Gasteiger partial charge in [-0.15, -0.1) is 11.3 Å². The van der Waals surface area contributed by atoms with Crippen molar-refractivity contribution in [2.24, 2.45) is 0 Å². The lowest BCUT2D eigenvalue weighted by molar-refractivity contribution is -0.137. The van der Waals surface area contributed by atoms with Crippen molar-refractivity contribution in [2.75, 3.05) is 6.61 Å². The lowest BCUT2D eigenvalue weighted by Crippen LogP contribution is -2.15. The number of carbonyl (C=O) groups excluding carboxylic acids is 2. The predicted octanol–water partition coefficient (Wildman–Crippen LogP) is 5.46. The van der Waals surface area contributed by atoms with Gasteiger partial charge < -0.3 is 4.74 Å². The van der Waals surface area contributed by atoms with Gasteiger partial charge in [-0.3, -0.25) is 4.79 Å². The molecule has 2 aromatic carbocycles. The van der Waals surface area contributed by atoms with E-state index in [2.05, 4.69) is 4.98 Å². The van der Waals surface area contributed by atoms with Gasteiger partial charge in [0.2, 0.25) is 5.78 Å². The molecule has 0 aliphatic carbocycles. The average molecular weight is 441 g/mol. The second-order valence-electron chi connectivity index (χ2n) is 6.13. The number of aromatic nitrogens is 1. The topological polar surface area (TPSA) is 56.3 Å². The van der Waals surface area contributed by atoms with Gasteiger partial charge in [-0.1, -0.05) is 12.1 Å². The van der Waals surface area contributed by atoms with Crippen LogP contribution in [0.3, 0.4) is 0 Å². The molecule has 0 spiro atoms. The second kappa shape index (κ2) is 8.31. The number of carbonyl (C=O) groups is 2. The highest BCUT2D eigenvalue weighted by Gasteiger charge is 2.30. The first kappa shape index (κ1) is 21.6. The van der Waals surface area contributed by atoms with Crippen molar-refractivity contribution in [3.8, 4) is 10.6 Å². The van der Waals surface area contributed by atoms with Crippen LogP contribution in [0.5, 0.6) is 0 Å². The van der Waals surface area contributed by atoms with Crippen molar-refractivity contribution in [2.45, 2.75) is 13.1 Å². The quantitative estimate of drug-likeness (QED) is 0.300. The zero-order valence-corrected chi connectivity index (χ0v) is 16.0. The maximum Gasteiger partial charge on any atom is 0.416 e. The fraction of sp³-hybridized carbons (Fsp3) is 0.150. The molecule has 0 radical (unpaired) electrons. The smallest absolute Gasteiger partial charge is 0.416 e. The number of halogens is 5. The first-order valence-corrected chi connectivity index (χ1v) is 9.18. The molecule has 0 saturated heterocycles. The Morgan fingerprint density at radius 2 is 1.73 bits per heavy atom. The molecule has 30 heavy (non-hydrogen) atoms. The summed E-state index contributed by atoms with van der Waals surface area (Å²) in [6, 6.07) is 6.59. The van der Waals surface area contributed by atoms with E-state index >= 15 is 0 Å². The summed E-state index contributed by atoms with van der Waals surface area (Å²) in [4.78, 5) is 28.4. The minimum atomic E-state index is -4.47. The van der Waals surface area contributed by atoms with Crippen molar-refractivity contribution < 1.29 is 36.3 Å². The van der Waals surface area contributed by atoms with Crippen molar-refractivity contribution >= 4 is 23.1 Å². The number of thiazole rings is 1.